The Kier molecular flexibility index (Phi) is 14.7. The van der Waals surface area contributed by atoms with Crippen LogP contribution in [0.5, 0.6) is 0 Å². The summed E-state index contributed by atoms with van der Waals surface area (Å²) in [5, 5.41) is 0. The first kappa shape index (κ1) is 16.4. The molecule has 0 N–H and O–H groups in total. The second-order valence-electron chi connectivity index (χ2n) is 4.36. The summed E-state index contributed by atoms with van der Waals surface area (Å²) in [6, 6.07) is 0. The van der Waals surface area contributed by atoms with Gasteiger partial charge in [-0.15, -0.1) is 0 Å². The molecule has 0 aromatic heterocycles. The van der Waals surface area contributed by atoms with E-state index in [1.807, 2.05) is 0 Å². The van der Waals surface area contributed by atoms with E-state index in [1.165, 1.54) is 44.9 Å². The van der Waals surface area contributed by atoms with Crippen molar-refractivity contribution in [1.82, 2.24) is 0 Å². The van der Waals surface area contributed by atoms with Gasteiger partial charge in [0.05, 0.1) is 0 Å². The molecule has 0 unspecified atom stereocenters. The summed E-state index contributed by atoms with van der Waals surface area (Å²) < 4.78 is 3.27. The van der Waals surface area contributed by atoms with Gasteiger partial charge in [-0.1, -0.05) is 0 Å². The van der Waals surface area contributed by atoms with Gasteiger partial charge in [-0.05, 0) is 0 Å². The predicted octanol–water partition coefficient (Wildman–Crippen LogP) is 4.94. The number of hydrogen-bond acceptors (Lipinski definition) is 0. The molecular weight excluding hydrogens is 334 g/mol. The van der Waals surface area contributed by atoms with E-state index >= 15 is 0 Å². The van der Waals surface area contributed by atoms with Crippen molar-refractivity contribution in [1.29, 1.82) is 0 Å². The number of halogens is 2. The second kappa shape index (κ2) is 13.4. The Labute approximate surface area is 116 Å². The van der Waals surface area contributed by atoms with Crippen LogP contribution in [0, 0.1) is 0 Å². The zero-order valence-corrected chi connectivity index (χ0v) is 15.7. The van der Waals surface area contributed by atoms with E-state index in [1.54, 1.807) is 8.87 Å². The molecule has 0 fully saturated rings. The third-order valence-corrected chi connectivity index (χ3v) is 8.92. The zero-order valence-electron chi connectivity index (χ0n) is 10.1. The first-order chi connectivity index (χ1) is 7.27. The third kappa shape index (κ3) is 15.4. The van der Waals surface area contributed by atoms with Crippen LogP contribution in [0.3, 0.4) is 0 Å². The van der Waals surface area contributed by atoms with Crippen LogP contribution in [0.15, 0.2) is 0 Å². The molecule has 92 valence electrons. The van der Waals surface area contributed by atoms with Crippen LogP contribution in [-0.2, 0) is 0 Å². The topological polar surface area (TPSA) is 0 Å². The Morgan fingerprint density at radius 2 is 1.47 bits per heavy atom. The van der Waals surface area contributed by atoms with E-state index < -0.39 is 0 Å². The summed E-state index contributed by atoms with van der Waals surface area (Å²) in [6.45, 7) is 2.30. The molecule has 0 radical (unpaired) electrons. The van der Waals surface area contributed by atoms with Crippen LogP contribution in [-0.4, -0.2) is 26.0 Å². The normalized spacial score (nSPS) is 12.0. The molecule has 0 amide bonds. The summed E-state index contributed by atoms with van der Waals surface area (Å²) in [6.07, 6.45) is 10.7. The fourth-order valence-corrected chi connectivity index (χ4v) is 7.56. The third-order valence-electron chi connectivity index (χ3n) is 2.78. The fraction of sp³-hybridized carbons (Fsp3) is 1.00. The first-order valence-corrected chi connectivity index (χ1v) is 13.1. The van der Waals surface area contributed by atoms with Crippen LogP contribution in [0.25, 0.3) is 0 Å². The van der Waals surface area contributed by atoms with Gasteiger partial charge in [0.15, 0.2) is 0 Å². The molecule has 3 heteroatoms. The van der Waals surface area contributed by atoms with Gasteiger partial charge in [0.2, 0.25) is 0 Å². The number of hydrogen-bond donors (Lipinski definition) is 0. The van der Waals surface area contributed by atoms with Crippen LogP contribution >= 0.6 is 23.2 Å². The van der Waals surface area contributed by atoms with Crippen molar-refractivity contribution in [2.75, 3.05) is 0 Å². The monoisotopic (exact) mass is 360 g/mol. The molecule has 0 atom stereocenters. The molecule has 0 heterocycles. The fourth-order valence-electron chi connectivity index (χ4n) is 1.79. The number of rotatable bonds is 11. The van der Waals surface area contributed by atoms with Crippen molar-refractivity contribution in [3.8, 4) is 0 Å². The molecule has 0 aliphatic rings. The van der Waals surface area contributed by atoms with Crippen LogP contribution in [0.1, 0.15) is 58.3 Å². The Balaban J connectivity index is 2.87. The van der Waals surface area contributed by atoms with Crippen LogP contribution in [0.4, 0.5) is 0 Å². The van der Waals surface area contributed by atoms with Crippen molar-refractivity contribution in [2.45, 2.75) is 72.0 Å². The molecule has 0 aliphatic carbocycles. The van der Waals surface area contributed by atoms with Gasteiger partial charge in [-0.25, -0.2) is 0 Å². The first-order valence-electron chi connectivity index (χ1n) is 6.55. The van der Waals surface area contributed by atoms with Gasteiger partial charge in [0, 0.05) is 0 Å². The van der Waals surface area contributed by atoms with E-state index in [9.17, 15) is 0 Å². The molecular formula is C12H26Cl2Sn. The Bertz CT molecular complexity index is 118. The Morgan fingerprint density at radius 1 is 0.867 bits per heavy atom. The van der Waals surface area contributed by atoms with Crippen LogP contribution < -0.4 is 0 Å². The van der Waals surface area contributed by atoms with E-state index in [2.05, 4.69) is 6.92 Å². The number of unbranched alkanes of at least 4 members (excludes halogenated alkanes) is 5. The Morgan fingerprint density at radius 3 is 2.13 bits per heavy atom. The SMILES string of the molecule is CCC[CH2][SnH2][CH2]CCCCCCC(Cl)Cl. The molecule has 0 aromatic rings. The molecule has 0 nitrogen and oxygen atoms in total. The summed E-state index contributed by atoms with van der Waals surface area (Å²) in [4.78, 5) is -0.143. The van der Waals surface area contributed by atoms with Gasteiger partial charge in [0.25, 0.3) is 0 Å². The van der Waals surface area contributed by atoms with E-state index in [0.717, 1.165) is 6.42 Å². The van der Waals surface area contributed by atoms with Crippen molar-refractivity contribution < 1.29 is 0 Å². The van der Waals surface area contributed by atoms with E-state index in [0.29, 0.717) is 0 Å². The average Bonchev–Trinajstić information content (AvgIpc) is 2.20. The molecule has 0 bridgehead atoms. The minimum atomic E-state index is -0.270. The van der Waals surface area contributed by atoms with Crippen molar-refractivity contribution >= 4 is 44.3 Å². The maximum atomic E-state index is 5.66. The molecule has 0 rings (SSSR count). The molecule has 0 aliphatic heterocycles. The predicted molar refractivity (Wildman–Crippen MR) is 76.3 cm³/mol. The average molecular weight is 360 g/mol. The summed E-state index contributed by atoms with van der Waals surface area (Å²) >= 11 is 11.1. The second-order valence-corrected chi connectivity index (χ2v) is 11.7. The minimum absolute atomic E-state index is 0.143. The van der Waals surface area contributed by atoms with Gasteiger partial charge in [-0.3, -0.25) is 0 Å². The molecule has 0 spiro atoms. The maximum absolute atomic E-state index is 5.66. The summed E-state index contributed by atoms with van der Waals surface area (Å²) in [5.41, 5.74) is 0. The van der Waals surface area contributed by atoms with Gasteiger partial charge < -0.3 is 0 Å². The zero-order chi connectivity index (χ0) is 11.4. The molecule has 0 aromatic carbocycles. The van der Waals surface area contributed by atoms with Crippen LogP contribution in [0.2, 0.25) is 8.87 Å². The van der Waals surface area contributed by atoms with E-state index in [4.69, 9.17) is 23.2 Å². The summed E-state index contributed by atoms with van der Waals surface area (Å²) in [5.74, 6) is 0. The molecule has 0 saturated carbocycles. The van der Waals surface area contributed by atoms with Crippen molar-refractivity contribution in [3.63, 3.8) is 0 Å². The van der Waals surface area contributed by atoms with Crippen molar-refractivity contribution in [2.24, 2.45) is 0 Å². The van der Waals surface area contributed by atoms with Gasteiger partial charge in [0.1, 0.15) is 0 Å². The molecule has 0 saturated heterocycles. The van der Waals surface area contributed by atoms with Crippen molar-refractivity contribution in [3.05, 3.63) is 0 Å². The van der Waals surface area contributed by atoms with Gasteiger partial charge in [-0.2, -0.15) is 0 Å². The standard InChI is InChI=1S/C8H15Cl2.C4H9.Sn.2H/c1-2-3-4-5-6-7-8(9)10;1-3-4-2;;;/h8H,1-7H2;1,3-4H2,2H3;;;. The van der Waals surface area contributed by atoms with Gasteiger partial charge >= 0.3 is 116 Å². The quantitative estimate of drug-likeness (QED) is 0.278. The Hall–Kier alpha value is 1.38. The van der Waals surface area contributed by atoms with E-state index in [-0.39, 0.29) is 26.0 Å². The number of alkyl halides is 2. The summed E-state index contributed by atoms with van der Waals surface area (Å²) in [7, 11) is 0. The molecule has 15 heavy (non-hydrogen) atoms.